The first kappa shape index (κ1) is 29.6. The van der Waals surface area contributed by atoms with Gasteiger partial charge in [0.05, 0.1) is 5.69 Å². The molecule has 0 aliphatic carbocycles. The summed E-state index contributed by atoms with van der Waals surface area (Å²) in [5.74, 6) is 0. The van der Waals surface area contributed by atoms with Crippen molar-refractivity contribution in [2.24, 2.45) is 0 Å². The standard InChI is InChI=1S/C47H24ClN3S2/c48-46-42(50-43-34-15-7-8-16-38(34)52-47(43)51-46)36-22-26-10-3-4-12-30(26)39-32-13-5-6-14-33(32)40-35-20-17-27-21-28(18-19-31(27)44(35)53-45(40)41(36)39)37-23-25-9-1-2-11-29(25)24-49-37/h1-24H. The lowest BCUT2D eigenvalue weighted by molar-refractivity contribution is 1.33. The molecule has 0 aliphatic rings. The molecule has 0 saturated carbocycles. The molecule has 53 heavy (non-hydrogen) atoms. The van der Waals surface area contributed by atoms with Crippen molar-refractivity contribution in [3.05, 3.63) is 151 Å². The van der Waals surface area contributed by atoms with Crippen molar-refractivity contribution in [2.75, 3.05) is 0 Å². The van der Waals surface area contributed by atoms with Gasteiger partial charge in [0.2, 0.25) is 0 Å². The summed E-state index contributed by atoms with van der Waals surface area (Å²) in [6.45, 7) is 0. The van der Waals surface area contributed by atoms with Crippen molar-refractivity contribution in [1.82, 2.24) is 15.0 Å². The monoisotopic (exact) mass is 729 g/mol. The molecule has 0 radical (unpaired) electrons. The number of rotatable bonds is 2. The van der Waals surface area contributed by atoms with E-state index in [4.69, 9.17) is 26.6 Å². The van der Waals surface area contributed by atoms with Crippen LogP contribution in [0.15, 0.2) is 146 Å². The molecule has 0 fully saturated rings. The molecule has 4 aromatic heterocycles. The minimum absolute atomic E-state index is 0.420. The molecule has 6 heteroatoms. The van der Waals surface area contributed by atoms with Crippen LogP contribution in [-0.2, 0) is 0 Å². The van der Waals surface area contributed by atoms with Crippen LogP contribution in [0, 0.1) is 0 Å². The number of nitrogens with zero attached hydrogens (tertiary/aromatic N) is 3. The first-order valence-electron chi connectivity index (χ1n) is 17.5. The molecule has 0 aliphatic heterocycles. The second kappa shape index (κ2) is 11.0. The van der Waals surface area contributed by atoms with Crippen LogP contribution in [-0.4, -0.2) is 15.0 Å². The van der Waals surface area contributed by atoms with E-state index in [0.717, 1.165) is 48.0 Å². The van der Waals surface area contributed by atoms with Crippen molar-refractivity contribution in [1.29, 1.82) is 0 Å². The normalized spacial score (nSPS) is 12.2. The Labute approximate surface area is 315 Å². The summed E-state index contributed by atoms with van der Waals surface area (Å²) >= 11 is 10.7. The molecule has 3 nitrogen and oxygen atoms in total. The molecule has 246 valence electrons. The summed E-state index contributed by atoms with van der Waals surface area (Å²) in [6.07, 6.45) is 1.97. The smallest absolute Gasteiger partial charge is 0.157 e. The Morgan fingerprint density at radius 1 is 0.472 bits per heavy atom. The van der Waals surface area contributed by atoms with Crippen LogP contribution >= 0.6 is 34.3 Å². The lowest BCUT2D eigenvalue weighted by Gasteiger charge is -2.15. The Morgan fingerprint density at radius 3 is 2.04 bits per heavy atom. The summed E-state index contributed by atoms with van der Waals surface area (Å²) in [5, 5.41) is 16.0. The van der Waals surface area contributed by atoms with E-state index in [2.05, 4.69) is 140 Å². The molecule has 4 heterocycles. The van der Waals surface area contributed by atoms with Crippen molar-refractivity contribution >= 4 is 129 Å². The predicted octanol–water partition coefficient (Wildman–Crippen LogP) is 14.4. The van der Waals surface area contributed by atoms with E-state index in [1.54, 1.807) is 11.3 Å². The van der Waals surface area contributed by atoms with Crippen LogP contribution in [0.4, 0.5) is 0 Å². The number of fused-ring (bicyclic) bond motifs is 16. The molecule has 0 unspecified atom stereocenters. The van der Waals surface area contributed by atoms with E-state index in [9.17, 15) is 0 Å². The average molecular weight is 730 g/mol. The van der Waals surface area contributed by atoms with Crippen LogP contribution < -0.4 is 0 Å². The molecule has 0 saturated heterocycles. The van der Waals surface area contributed by atoms with Gasteiger partial charge in [-0.25, -0.2) is 9.97 Å². The summed E-state index contributed by atoms with van der Waals surface area (Å²) in [6, 6.07) is 50.1. The van der Waals surface area contributed by atoms with Crippen molar-refractivity contribution in [2.45, 2.75) is 0 Å². The van der Waals surface area contributed by atoms with Gasteiger partial charge in [0.25, 0.3) is 0 Å². The lowest BCUT2D eigenvalue weighted by Crippen LogP contribution is -1.93. The second-order valence-electron chi connectivity index (χ2n) is 13.7. The number of thiophene rings is 2. The van der Waals surface area contributed by atoms with E-state index in [1.165, 1.54) is 63.3 Å². The van der Waals surface area contributed by atoms with Gasteiger partial charge in [0.1, 0.15) is 16.0 Å². The van der Waals surface area contributed by atoms with Gasteiger partial charge in [0, 0.05) is 58.4 Å². The Bertz CT molecular complexity index is 3550. The first-order valence-corrected chi connectivity index (χ1v) is 19.5. The zero-order valence-electron chi connectivity index (χ0n) is 27.9. The highest BCUT2D eigenvalue weighted by Crippen LogP contribution is 2.51. The van der Waals surface area contributed by atoms with Crippen molar-refractivity contribution < 1.29 is 0 Å². The van der Waals surface area contributed by atoms with Gasteiger partial charge in [-0.1, -0.05) is 127 Å². The van der Waals surface area contributed by atoms with E-state index in [-0.39, 0.29) is 0 Å². The Morgan fingerprint density at radius 2 is 1.17 bits per heavy atom. The van der Waals surface area contributed by atoms with Crippen LogP contribution in [0.1, 0.15) is 0 Å². The molecular formula is C47H24ClN3S2. The van der Waals surface area contributed by atoms with E-state index in [0.29, 0.717) is 10.8 Å². The summed E-state index contributed by atoms with van der Waals surface area (Å²) in [7, 11) is 0. The maximum Gasteiger partial charge on any atom is 0.157 e. The van der Waals surface area contributed by atoms with Gasteiger partial charge in [-0.05, 0) is 67.4 Å². The minimum atomic E-state index is 0.420. The number of hydrogen-bond donors (Lipinski definition) is 0. The molecule has 0 spiro atoms. The molecule has 0 N–H and O–H groups in total. The van der Waals surface area contributed by atoms with Gasteiger partial charge in [-0.3, -0.25) is 4.98 Å². The molecule has 0 atom stereocenters. The highest BCUT2D eigenvalue weighted by Gasteiger charge is 2.23. The van der Waals surface area contributed by atoms with Crippen LogP contribution in [0.2, 0.25) is 5.15 Å². The largest absolute Gasteiger partial charge is 0.256 e. The fourth-order valence-electron chi connectivity index (χ4n) is 8.37. The van der Waals surface area contributed by atoms with E-state index < -0.39 is 0 Å². The quantitative estimate of drug-likeness (QED) is 0.166. The fourth-order valence-corrected chi connectivity index (χ4v) is 11.1. The van der Waals surface area contributed by atoms with Crippen molar-refractivity contribution in [3.63, 3.8) is 0 Å². The van der Waals surface area contributed by atoms with Gasteiger partial charge < -0.3 is 0 Å². The van der Waals surface area contributed by atoms with Gasteiger partial charge in [0.15, 0.2) is 5.15 Å². The van der Waals surface area contributed by atoms with Crippen LogP contribution in [0.3, 0.4) is 0 Å². The molecule has 8 aromatic carbocycles. The summed E-state index contributed by atoms with van der Waals surface area (Å²) in [5.41, 5.74) is 4.69. The zero-order chi connectivity index (χ0) is 34.8. The molecular weight excluding hydrogens is 706 g/mol. The number of aromatic nitrogens is 3. The lowest BCUT2D eigenvalue weighted by atomic mass is 9.89. The molecule has 0 bridgehead atoms. The Hall–Kier alpha value is -5.98. The second-order valence-corrected chi connectivity index (χ2v) is 16.1. The predicted molar refractivity (Wildman–Crippen MR) is 229 cm³/mol. The average Bonchev–Trinajstić information content (AvgIpc) is 3.78. The van der Waals surface area contributed by atoms with Crippen molar-refractivity contribution in [3.8, 4) is 22.5 Å². The van der Waals surface area contributed by atoms with E-state index >= 15 is 0 Å². The number of pyridine rings is 1. The molecule has 0 amide bonds. The third kappa shape index (κ3) is 4.24. The first-order chi connectivity index (χ1) is 26.2. The maximum absolute atomic E-state index is 7.17. The van der Waals surface area contributed by atoms with Gasteiger partial charge in [-0.15, -0.1) is 22.7 Å². The van der Waals surface area contributed by atoms with E-state index in [1.807, 2.05) is 17.5 Å². The number of benzene rings is 8. The number of halogens is 1. The third-order valence-electron chi connectivity index (χ3n) is 10.8. The summed E-state index contributed by atoms with van der Waals surface area (Å²) < 4.78 is 3.66. The molecule has 12 aromatic rings. The highest BCUT2D eigenvalue weighted by molar-refractivity contribution is 7.28. The van der Waals surface area contributed by atoms with Crippen LogP contribution in [0.25, 0.3) is 117 Å². The Kier molecular flexibility index (Phi) is 6.15. The SMILES string of the molecule is Clc1nc2sc3ccccc3c2nc1-c1cc2ccccc2c2c3ccccc3c3c4ccc5cc(-c6cc7ccccc7cn6)ccc5c4sc3c12. The van der Waals surface area contributed by atoms with Crippen LogP contribution in [0.5, 0.6) is 0 Å². The Balaban J connectivity index is 1.20. The fraction of sp³-hybridized carbons (Fsp3) is 0. The topological polar surface area (TPSA) is 38.7 Å². The van der Waals surface area contributed by atoms with Gasteiger partial charge in [-0.2, -0.15) is 0 Å². The molecule has 12 rings (SSSR count). The third-order valence-corrected chi connectivity index (χ3v) is 13.3. The zero-order valence-corrected chi connectivity index (χ0v) is 30.3. The highest BCUT2D eigenvalue weighted by atomic mass is 35.5. The maximum atomic E-state index is 7.17. The number of hydrogen-bond acceptors (Lipinski definition) is 5. The summed E-state index contributed by atoms with van der Waals surface area (Å²) in [4.78, 5) is 16.0. The minimum Gasteiger partial charge on any atom is -0.256 e. The van der Waals surface area contributed by atoms with Gasteiger partial charge >= 0.3 is 0 Å².